The minimum Gasteiger partial charge on any atom is -0.497 e. The highest BCUT2D eigenvalue weighted by Crippen LogP contribution is 2.21. The van der Waals surface area contributed by atoms with Crippen molar-refractivity contribution in [1.82, 2.24) is 10.1 Å². The highest BCUT2D eigenvalue weighted by atomic mass is 16.5. The van der Waals surface area contributed by atoms with Gasteiger partial charge in [-0.3, -0.25) is 0 Å². The second-order valence-corrected chi connectivity index (χ2v) is 4.79. The average Bonchev–Trinajstić information content (AvgIpc) is 3.09. The fraction of sp³-hybridized carbons (Fsp3) is 0.118. The van der Waals surface area contributed by atoms with Crippen LogP contribution in [0.15, 0.2) is 53.1 Å². The van der Waals surface area contributed by atoms with E-state index in [2.05, 4.69) is 21.5 Å². The summed E-state index contributed by atoms with van der Waals surface area (Å²) in [5.41, 5.74) is 2.24. The van der Waals surface area contributed by atoms with Gasteiger partial charge in [-0.25, -0.2) is 0 Å². The van der Waals surface area contributed by atoms with Crippen molar-refractivity contribution in [2.24, 2.45) is 0 Å². The molecule has 1 aromatic heterocycles. The van der Waals surface area contributed by atoms with E-state index in [1.54, 1.807) is 19.2 Å². The third-order valence-electron chi connectivity index (χ3n) is 3.23. The predicted octanol–water partition coefficient (Wildman–Crippen LogP) is 3.23. The molecule has 23 heavy (non-hydrogen) atoms. The first-order valence-electron chi connectivity index (χ1n) is 6.99. The zero-order chi connectivity index (χ0) is 16.1. The largest absolute Gasteiger partial charge is 0.497 e. The minimum atomic E-state index is 0.381. The van der Waals surface area contributed by atoms with Crippen LogP contribution >= 0.6 is 0 Å². The van der Waals surface area contributed by atoms with Gasteiger partial charge in [0, 0.05) is 11.3 Å². The summed E-state index contributed by atoms with van der Waals surface area (Å²) in [6.45, 7) is 0.381. The predicted molar refractivity (Wildman–Crippen MR) is 84.8 cm³/mol. The number of benzene rings is 2. The number of ether oxygens (including phenoxy) is 1. The van der Waals surface area contributed by atoms with E-state index < -0.39 is 0 Å². The highest BCUT2D eigenvalue weighted by Gasteiger charge is 2.09. The van der Waals surface area contributed by atoms with Crippen LogP contribution in [0.25, 0.3) is 11.4 Å². The van der Waals surface area contributed by atoms with E-state index in [1.807, 2.05) is 36.4 Å². The van der Waals surface area contributed by atoms with Crippen molar-refractivity contribution in [2.75, 3.05) is 12.4 Å². The second kappa shape index (κ2) is 6.62. The Hall–Kier alpha value is -3.33. The van der Waals surface area contributed by atoms with Gasteiger partial charge in [0.1, 0.15) is 5.75 Å². The molecule has 1 N–H and O–H groups in total. The number of anilines is 1. The molecule has 0 atom stereocenters. The Labute approximate surface area is 133 Å². The molecular weight excluding hydrogens is 292 g/mol. The van der Waals surface area contributed by atoms with E-state index >= 15 is 0 Å². The summed E-state index contributed by atoms with van der Waals surface area (Å²) in [6.07, 6.45) is 0. The van der Waals surface area contributed by atoms with Crippen LogP contribution in [-0.4, -0.2) is 17.3 Å². The van der Waals surface area contributed by atoms with Gasteiger partial charge >= 0.3 is 0 Å². The van der Waals surface area contributed by atoms with E-state index in [-0.39, 0.29) is 0 Å². The van der Waals surface area contributed by atoms with Crippen LogP contribution in [0.2, 0.25) is 0 Å². The highest BCUT2D eigenvalue weighted by molar-refractivity contribution is 5.57. The molecule has 3 aromatic rings. The first kappa shape index (κ1) is 14.6. The van der Waals surface area contributed by atoms with Crippen molar-refractivity contribution >= 4 is 5.69 Å². The smallest absolute Gasteiger partial charge is 0.246 e. The van der Waals surface area contributed by atoms with Crippen molar-refractivity contribution in [2.45, 2.75) is 6.54 Å². The van der Waals surface area contributed by atoms with Gasteiger partial charge in [0.15, 0.2) is 0 Å². The summed E-state index contributed by atoms with van der Waals surface area (Å²) in [7, 11) is 1.61. The van der Waals surface area contributed by atoms with Crippen molar-refractivity contribution < 1.29 is 9.26 Å². The van der Waals surface area contributed by atoms with Gasteiger partial charge in [-0.15, -0.1) is 0 Å². The van der Waals surface area contributed by atoms with Crippen LogP contribution in [0.5, 0.6) is 5.75 Å². The summed E-state index contributed by atoms with van der Waals surface area (Å²) >= 11 is 0. The molecule has 0 aliphatic heterocycles. The Morgan fingerprint density at radius 2 is 2.09 bits per heavy atom. The number of hydrogen-bond donors (Lipinski definition) is 1. The Morgan fingerprint density at radius 3 is 2.91 bits per heavy atom. The molecule has 0 fully saturated rings. The van der Waals surface area contributed by atoms with Crippen molar-refractivity contribution in [3.63, 3.8) is 0 Å². The van der Waals surface area contributed by atoms with Gasteiger partial charge in [-0.2, -0.15) is 10.2 Å². The maximum Gasteiger partial charge on any atom is 0.246 e. The molecule has 0 saturated carbocycles. The molecule has 6 heteroatoms. The van der Waals surface area contributed by atoms with E-state index in [0.717, 1.165) is 17.0 Å². The summed E-state index contributed by atoms with van der Waals surface area (Å²) in [4.78, 5) is 4.35. The molecule has 0 spiro atoms. The third-order valence-corrected chi connectivity index (χ3v) is 3.23. The molecule has 0 aliphatic rings. The number of hydrogen-bond acceptors (Lipinski definition) is 6. The number of nitrogens with one attached hydrogen (secondary N) is 1. The summed E-state index contributed by atoms with van der Waals surface area (Å²) in [5, 5.41) is 16.0. The molecule has 1 heterocycles. The summed E-state index contributed by atoms with van der Waals surface area (Å²) in [5.74, 6) is 1.71. The number of methoxy groups -OCH3 is 1. The molecular formula is C17H14N4O2. The van der Waals surface area contributed by atoms with Crippen LogP contribution < -0.4 is 10.1 Å². The molecule has 114 valence electrons. The SMILES string of the molecule is COc1cccc(-c2noc(CNc3cccc(C#N)c3)n2)c1. The van der Waals surface area contributed by atoms with Crippen molar-refractivity contribution in [3.8, 4) is 23.2 Å². The van der Waals surface area contributed by atoms with Crippen LogP contribution in [0.4, 0.5) is 5.69 Å². The Morgan fingerprint density at radius 1 is 1.22 bits per heavy atom. The normalized spacial score (nSPS) is 10.1. The van der Waals surface area contributed by atoms with E-state index in [0.29, 0.717) is 23.8 Å². The lowest BCUT2D eigenvalue weighted by Crippen LogP contribution is -1.99. The van der Waals surface area contributed by atoms with Gasteiger partial charge in [0.2, 0.25) is 11.7 Å². The molecule has 3 rings (SSSR count). The Bertz CT molecular complexity index is 852. The Balaban J connectivity index is 1.70. The monoisotopic (exact) mass is 306 g/mol. The van der Waals surface area contributed by atoms with Gasteiger partial charge < -0.3 is 14.6 Å². The Kier molecular flexibility index (Phi) is 4.20. The third kappa shape index (κ3) is 3.47. The van der Waals surface area contributed by atoms with Gasteiger partial charge in [-0.1, -0.05) is 23.4 Å². The first-order valence-corrected chi connectivity index (χ1v) is 6.99. The standard InChI is InChI=1S/C17H14N4O2/c1-22-15-7-3-5-13(9-15)17-20-16(23-21-17)11-19-14-6-2-4-12(8-14)10-18/h2-9,19H,11H2,1H3. The van der Waals surface area contributed by atoms with Gasteiger partial charge in [0.25, 0.3) is 0 Å². The minimum absolute atomic E-state index is 0.381. The molecule has 0 amide bonds. The van der Waals surface area contributed by atoms with Crippen molar-refractivity contribution in [3.05, 3.63) is 60.0 Å². The van der Waals surface area contributed by atoms with Crippen LogP contribution in [-0.2, 0) is 6.54 Å². The van der Waals surface area contributed by atoms with Crippen LogP contribution in [0.3, 0.4) is 0 Å². The average molecular weight is 306 g/mol. The van der Waals surface area contributed by atoms with E-state index in [1.165, 1.54) is 0 Å². The second-order valence-electron chi connectivity index (χ2n) is 4.79. The molecule has 0 bridgehead atoms. The first-order chi connectivity index (χ1) is 11.3. The quantitative estimate of drug-likeness (QED) is 0.779. The topological polar surface area (TPSA) is 84.0 Å². The lowest BCUT2D eigenvalue weighted by Gasteiger charge is -2.02. The summed E-state index contributed by atoms with van der Waals surface area (Å²) in [6, 6.07) is 16.8. The summed E-state index contributed by atoms with van der Waals surface area (Å²) < 4.78 is 10.4. The molecule has 0 saturated heterocycles. The lowest BCUT2D eigenvalue weighted by molar-refractivity contribution is 0.384. The van der Waals surface area contributed by atoms with E-state index in [4.69, 9.17) is 14.5 Å². The van der Waals surface area contributed by atoms with E-state index in [9.17, 15) is 0 Å². The zero-order valence-electron chi connectivity index (χ0n) is 12.5. The van der Waals surface area contributed by atoms with Gasteiger partial charge in [-0.05, 0) is 30.3 Å². The fourth-order valence-electron chi connectivity index (χ4n) is 2.08. The maximum absolute atomic E-state index is 8.89. The number of nitriles is 1. The molecule has 0 unspecified atom stereocenters. The van der Waals surface area contributed by atoms with Crippen LogP contribution in [0.1, 0.15) is 11.5 Å². The fourth-order valence-corrected chi connectivity index (χ4v) is 2.08. The van der Waals surface area contributed by atoms with Crippen molar-refractivity contribution in [1.29, 1.82) is 5.26 Å². The maximum atomic E-state index is 8.89. The number of rotatable bonds is 5. The molecule has 0 radical (unpaired) electrons. The molecule has 2 aromatic carbocycles. The van der Waals surface area contributed by atoms with Crippen LogP contribution in [0, 0.1) is 11.3 Å². The lowest BCUT2D eigenvalue weighted by atomic mass is 10.2. The van der Waals surface area contributed by atoms with Gasteiger partial charge in [0.05, 0.1) is 25.3 Å². The zero-order valence-corrected chi connectivity index (χ0v) is 12.5. The molecule has 0 aliphatic carbocycles. The number of nitrogens with zero attached hydrogens (tertiary/aromatic N) is 3. The number of aromatic nitrogens is 2. The molecule has 6 nitrogen and oxygen atoms in total.